The number of unbranched alkanes of at least 4 members (excludes halogenated alkanes) is 2. The summed E-state index contributed by atoms with van der Waals surface area (Å²) >= 11 is 0.658. The van der Waals surface area contributed by atoms with Gasteiger partial charge in [0.2, 0.25) is 41.4 Å². The van der Waals surface area contributed by atoms with E-state index < -0.39 is 234 Å². The Kier molecular flexibility index (Phi) is 42.2. The number of methoxy groups -OCH3 is 2. The van der Waals surface area contributed by atoms with Crippen LogP contribution >= 0.6 is 33.3 Å². The number of Topliss-reactive ketones (excluding diaryl/α,β-unsaturated/α-hetero) is 3. The number of hydrogen-bond acceptors (Lipinski definition) is 36. The van der Waals surface area contributed by atoms with Gasteiger partial charge in [-0.2, -0.15) is 4.98 Å². The van der Waals surface area contributed by atoms with Gasteiger partial charge in [-0.25, -0.2) is 19.6 Å². The number of carbonyl (C=O) groups is 18. The average molecular weight is 2120 g/mol. The van der Waals surface area contributed by atoms with Crippen molar-refractivity contribution in [3.63, 3.8) is 0 Å². The Labute approximate surface area is 859 Å². The number of nitrogen functional groups attached to an aromatic ring is 2. The van der Waals surface area contributed by atoms with Crippen LogP contribution in [0.15, 0.2) is 88.8 Å². The van der Waals surface area contributed by atoms with Crippen LogP contribution in [0.5, 0.6) is 23.0 Å². The van der Waals surface area contributed by atoms with Crippen LogP contribution in [0.2, 0.25) is 0 Å². The summed E-state index contributed by atoms with van der Waals surface area (Å²) in [5.74, 6) is -22.9. The number of aliphatic carboxylic acids is 5. The van der Waals surface area contributed by atoms with E-state index in [0.29, 0.717) is 103 Å². The lowest BCUT2D eigenvalue weighted by atomic mass is 9.90. The number of H-pyrrole nitrogens is 1. The fourth-order valence-corrected chi connectivity index (χ4v) is 20.1. The molecule has 50 nitrogen and oxygen atoms in total. The van der Waals surface area contributed by atoms with Crippen molar-refractivity contribution in [2.45, 2.75) is 182 Å². The molecule has 53 heteroatoms. The van der Waals surface area contributed by atoms with Crippen LogP contribution in [0, 0.1) is 23.2 Å². The molecule has 0 bridgehead atoms. The number of amides is 10. The van der Waals surface area contributed by atoms with Crippen molar-refractivity contribution in [1.29, 1.82) is 5.41 Å². The van der Waals surface area contributed by atoms with Crippen molar-refractivity contribution in [2.24, 2.45) is 28.5 Å². The predicted molar refractivity (Wildman–Crippen MR) is 536 cm³/mol. The molecule has 4 saturated heterocycles. The number of hydrogen-bond donors (Lipinski definition) is 17. The smallest absolute Gasteiger partial charge is 0.412 e. The fourth-order valence-electron chi connectivity index (χ4n) is 16.5. The number of aliphatic imine (C=N–C) groups is 1. The largest absolute Gasteiger partial charge is 0.493 e. The van der Waals surface area contributed by atoms with Crippen LogP contribution in [0.1, 0.15) is 166 Å². The van der Waals surface area contributed by atoms with Gasteiger partial charge in [0.15, 0.2) is 57.9 Å². The number of aromatic amines is 1. The number of carboxylic acids is 5. The number of benzene rings is 3. The van der Waals surface area contributed by atoms with Gasteiger partial charge in [-0.1, -0.05) is 45.9 Å². The molecule has 798 valence electrons. The highest BCUT2D eigenvalue weighted by Crippen LogP contribution is 2.42. The number of guanidine groups is 1. The molecule has 2 unspecified atom stereocenters. The molecule has 5 aliphatic rings. The van der Waals surface area contributed by atoms with Crippen LogP contribution in [0.3, 0.4) is 0 Å². The summed E-state index contributed by atoms with van der Waals surface area (Å²) < 4.78 is 34.8. The minimum absolute atomic E-state index is 0.00406. The zero-order valence-corrected chi connectivity index (χ0v) is 84.0. The Morgan fingerprint density at radius 3 is 1.96 bits per heavy atom. The highest BCUT2D eigenvalue weighted by atomic mass is 33.1. The van der Waals surface area contributed by atoms with E-state index in [-0.39, 0.29) is 136 Å². The number of ether oxygens (including phenoxy) is 6. The zero-order chi connectivity index (χ0) is 108. The number of ketones is 3. The number of nitrogens with two attached hydrogens (primary N) is 3. The molecule has 0 spiro atoms. The molecule has 0 saturated carbocycles. The molecule has 10 atom stereocenters. The molecule has 20 N–H and O–H groups in total. The molecule has 0 aliphatic carbocycles. The van der Waals surface area contributed by atoms with Gasteiger partial charge in [0, 0.05) is 131 Å². The highest BCUT2D eigenvalue weighted by Gasteiger charge is 2.47. The number of nitrogens with zero attached hydrogens (tertiary/aromatic N) is 8. The first kappa shape index (κ1) is 115. The SMILES string of the molecule is C=C1C[C@H]2C=Nc3cc(OCCCCCOc4cc(N)c(C(=O)N5CC(=C)C[C@H]5C5OCCN5C(=O)OCC(C)(C)SSCCC(=O)NCCNC(=O)CCN5C(=O)CC(SC[C@H](CC(=O)[C@H](CC(=O)O)NC(=O)[C@H](CC(=O)O)CC(=O)[C@H](CCCNC(=N)N)NC(=O)[C@H](CC(=O)O)CC(=O)CC[C@H](NC(=O)c6ccc(NCc7cnc8nc(N)[nH]c(=O)c8n7)cc6)C(=O)O)C(=O)O)C5=O)cc4OC)c(OC)cc3C(=O)N2C1. The molecule has 148 heavy (non-hydrogen) atoms. The van der Waals surface area contributed by atoms with Gasteiger partial charge in [0.1, 0.15) is 18.4 Å². The monoisotopic (exact) mass is 2120 g/mol. The molecule has 10 rings (SSSR count). The van der Waals surface area contributed by atoms with Crippen molar-refractivity contribution in [3.05, 3.63) is 112 Å². The van der Waals surface area contributed by atoms with E-state index in [1.54, 1.807) is 28.1 Å². The number of imide groups is 1. The summed E-state index contributed by atoms with van der Waals surface area (Å²) in [7, 11) is 5.69. The lowest BCUT2D eigenvalue weighted by Gasteiger charge is -2.33. The summed E-state index contributed by atoms with van der Waals surface area (Å²) in [5, 5.41) is 73.8. The second kappa shape index (κ2) is 54.4. The van der Waals surface area contributed by atoms with Crippen molar-refractivity contribution in [3.8, 4) is 23.0 Å². The summed E-state index contributed by atoms with van der Waals surface area (Å²) in [6, 6.07) is 5.75. The van der Waals surface area contributed by atoms with Gasteiger partial charge in [-0.05, 0) is 102 Å². The molecule has 3 aromatic carbocycles. The number of likely N-dealkylation sites (tertiary alicyclic amines) is 2. The average Bonchev–Trinajstić information content (AvgIpc) is 1.63. The van der Waals surface area contributed by atoms with Crippen molar-refractivity contribution in [2.75, 3.05) is 115 Å². The zero-order valence-electron chi connectivity index (χ0n) is 81.6. The third kappa shape index (κ3) is 33.5. The number of thioether (sulfide) groups is 1. The van der Waals surface area contributed by atoms with Crippen LogP contribution < -0.4 is 78.9 Å². The molecule has 0 radical (unpaired) electrons. The number of carbonyl (C=O) groups excluding carboxylic acids is 13. The molecular formula is C95H120N20O30S3. The second-order valence-electron chi connectivity index (χ2n) is 36.1. The first-order valence-electron chi connectivity index (χ1n) is 47.2. The standard InChI is InChI=1S/C95H120N20O30S3/c1-49-29-57-44-104-64-39-72(70(141-6)37-60(64)87(133)114(57)45-49)143-26-9-7-8-25-142-71-38-61(96)59(36-69(71)140-5)86(132)115-46-50(2)30-66(115)89-113(24-27-144-89)94(139)145-48-95(3,4)148-147-28-19-75(120)101-22-21-100-74(119)18-23-112-76(121)41-73(88(112)134)146-47-54(90(135)136)33-68(118)65(40-79(126)127)109-84(130)53(35-78(124)125)32-67(117)62(11-10-20-102-92(97)98)107-83(129)52(34-77(122)123)31-58(116)16-17-63(91(137)138)108-82(128)51-12-14-55(15-13-51)103-42-56-43-105-81-80(106-56)85(131)111-93(99)110-81/h12-15,36-39,43-44,52-54,57,62-63,65-66,73,89,103H,1-2,7-11,16-35,40-42,45-48,96H2,3-6H3,(H,100,119)(H,101,120)(H,107,129)(H,108,128)(H,109,130)(H,122,123)(H,124,125)(H,126,127)(H,135,136)(H,137,138)(H4,97,98,102)(H3,99,105,110,111,131)/t52-,53-,54-,57-,62-,63-,65-,66-,73?,89?/m0/s1. The number of carboxylic acid groups (broad SMARTS) is 5. The van der Waals surface area contributed by atoms with E-state index in [2.05, 4.69) is 75.3 Å². The van der Waals surface area contributed by atoms with E-state index in [4.69, 9.17) is 51.0 Å². The highest BCUT2D eigenvalue weighted by molar-refractivity contribution is 8.77. The van der Waals surface area contributed by atoms with Gasteiger partial charge in [-0.3, -0.25) is 107 Å². The summed E-state index contributed by atoms with van der Waals surface area (Å²) in [6.07, 6.45) is -4.30. The van der Waals surface area contributed by atoms with Gasteiger partial charge in [0.05, 0.1) is 147 Å². The van der Waals surface area contributed by atoms with Gasteiger partial charge in [-0.15, -0.1) is 11.8 Å². The van der Waals surface area contributed by atoms with Crippen LogP contribution in [-0.2, 0) is 83.1 Å². The lowest BCUT2D eigenvalue weighted by Crippen LogP contribution is -2.51. The minimum Gasteiger partial charge on any atom is -0.493 e. The van der Waals surface area contributed by atoms with Crippen LogP contribution in [0.25, 0.3) is 11.2 Å². The summed E-state index contributed by atoms with van der Waals surface area (Å²) in [5.41, 5.74) is 20.6. The van der Waals surface area contributed by atoms with Crippen LogP contribution in [0.4, 0.5) is 27.8 Å². The molecule has 5 aromatic rings. The number of nitrogens with one attached hydrogen (secondary N) is 9. The first-order chi connectivity index (χ1) is 70.4. The Balaban J connectivity index is 0.610. The Hall–Kier alpha value is -15.0. The third-order valence-corrected chi connectivity index (χ3v) is 28.8. The number of anilines is 3. The Morgan fingerprint density at radius 1 is 0.669 bits per heavy atom. The van der Waals surface area contributed by atoms with Gasteiger partial charge in [0.25, 0.3) is 23.3 Å². The number of fused-ring (bicyclic) bond motifs is 3. The molecule has 5 aliphatic heterocycles. The molecule has 2 aromatic heterocycles. The summed E-state index contributed by atoms with van der Waals surface area (Å²) in [4.78, 5) is 276. The van der Waals surface area contributed by atoms with Crippen molar-refractivity contribution >= 4 is 186 Å². The van der Waals surface area contributed by atoms with Crippen molar-refractivity contribution < 1.29 is 140 Å². The quantitative estimate of drug-likeness (QED) is 0.00505. The van der Waals surface area contributed by atoms with E-state index in [1.165, 1.54) is 83.3 Å². The van der Waals surface area contributed by atoms with Crippen LogP contribution in [-0.4, -0.2) is 328 Å². The van der Waals surface area contributed by atoms with Gasteiger partial charge >= 0.3 is 35.9 Å². The number of rotatable bonds is 60. The van der Waals surface area contributed by atoms with Crippen molar-refractivity contribution in [1.82, 2.24) is 71.4 Å². The maximum Gasteiger partial charge on any atom is 0.412 e. The lowest BCUT2D eigenvalue weighted by molar-refractivity contribution is -0.145. The number of aromatic nitrogens is 4. The summed E-state index contributed by atoms with van der Waals surface area (Å²) in [6.45, 7) is 13.0. The maximum absolute atomic E-state index is 14.5. The maximum atomic E-state index is 14.5. The van der Waals surface area contributed by atoms with Gasteiger partial charge < -0.3 is 118 Å². The molecule has 4 fully saturated rings. The van der Waals surface area contributed by atoms with E-state index in [9.17, 15) is 117 Å². The first-order valence-corrected chi connectivity index (χ1v) is 50.6. The Morgan fingerprint density at radius 2 is 1.30 bits per heavy atom. The third-order valence-electron chi connectivity index (χ3n) is 24.1. The topological polar surface area (TPSA) is 747 Å². The van der Waals surface area contributed by atoms with E-state index in [1.807, 2.05) is 13.8 Å². The predicted octanol–water partition coefficient (Wildman–Crippen LogP) is 3.35. The fraction of sp³-hybridized carbons (Fsp3) is 0.495. The van der Waals surface area contributed by atoms with E-state index in [0.717, 1.165) is 22.5 Å². The molecule has 7 heterocycles. The minimum atomic E-state index is -2.09. The Bertz CT molecular complexity index is 5970. The second-order valence-corrected chi connectivity index (χ2v) is 40.4. The normalized spacial score (nSPS) is 17.0. The van der Waals surface area contributed by atoms with E-state index >= 15 is 0 Å². The molecule has 10 amide bonds. The molecular weight excluding hydrogens is 2000 g/mol.